The Morgan fingerprint density at radius 2 is 2.21 bits per heavy atom. The number of amides is 1. The number of piperidine rings is 1. The summed E-state index contributed by atoms with van der Waals surface area (Å²) in [6.45, 7) is 7.46. The highest BCUT2D eigenvalue weighted by molar-refractivity contribution is 5.75. The summed E-state index contributed by atoms with van der Waals surface area (Å²) in [6, 6.07) is 4.25. The Hall–Kier alpha value is -2.84. The molecular formula is C20H27N3O6. The van der Waals surface area contributed by atoms with E-state index in [0.717, 1.165) is 32.2 Å². The van der Waals surface area contributed by atoms with Crippen LogP contribution in [0.25, 0.3) is 11.1 Å². The van der Waals surface area contributed by atoms with Crippen molar-refractivity contribution in [1.82, 2.24) is 9.88 Å². The van der Waals surface area contributed by atoms with E-state index in [1.54, 1.807) is 4.90 Å². The molecule has 0 N–H and O–H groups in total. The Morgan fingerprint density at radius 3 is 2.93 bits per heavy atom. The van der Waals surface area contributed by atoms with Gasteiger partial charge in [0.25, 0.3) is 5.69 Å². The van der Waals surface area contributed by atoms with Gasteiger partial charge >= 0.3 is 12.2 Å². The number of aromatic nitrogens is 1. The lowest BCUT2D eigenvalue weighted by molar-refractivity contribution is -0.384. The molecule has 29 heavy (non-hydrogen) atoms. The maximum atomic E-state index is 12.2. The molecular weight excluding hydrogens is 378 g/mol. The van der Waals surface area contributed by atoms with E-state index in [1.165, 1.54) is 18.2 Å². The van der Waals surface area contributed by atoms with Crippen LogP contribution in [0.4, 0.5) is 10.5 Å². The summed E-state index contributed by atoms with van der Waals surface area (Å²) in [7, 11) is 0. The first kappa shape index (κ1) is 20.9. The molecule has 1 fully saturated rings. The van der Waals surface area contributed by atoms with Crippen molar-refractivity contribution in [3.63, 3.8) is 0 Å². The molecule has 0 saturated carbocycles. The molecule has 0 aliphatic carbocycles. The van der Waals surface area contributed by atoms with Crippen LogP contribution in [0.1, 0.15) is 46.5 Å². The molecule has 2 heterocycles. The summed E-state index contributed by atoms with van der Waals surface area (Å²) in [5.41, 5.74) is 0.322. The number of hydrogen-bond donors (Lipinski definition) is 0. The average Bonchev–Trinajstić information content (AvgIpc) is 3.06. The second kappa shape index (κ2) is 8.67. The average molecular weight is 405 g/mol. The third-order valence-corrected chi connectivity index (χ3v) is 4.72. The lowest BCUT2D eigenvalue weighted by Crippen LogP contribution is -2.42. The Morgan fingerprint density at radius 1 is 1.41 bits per heavy atom. The lowest BCUT2D eigenvalue weighted by atomic mass is 9.94. The van der Waals surface area contributed by atoms with Crippen molar-refractivity contribution in [2.24, 2.45) is 5.92 Å². The Bertz CT molecular complexity index is 873. The summed E-state index contributed by atoms with van der Waals surface area (Å²) in [6.07, 6.45) is 3.62. The number of nitrogens with zero attached hydrogens (tertiary/aromatic N) is 3. The number of non-ortho nitro benzene ring substituents is 1. The molecule has 1 aromatic carbocycles. The van der Waals surface area contributed by atoms with E-state index >= 15 is 0 Å². The highest BCUT2D eigenvalue weighted by atomic mass is 16.6. The first-order valence-corrected chi connectivity index (χ1v) is 9.87. The molecule has 2 aromatic rings. The quantitative estimate of drug-likeness (QED) is 0.394. The van der Waals surface area contributed by atoms with Crippen molar-refractivity contribution in [1.29, 1.82) is 0 Å². The number of fused-ring (bicyclic) bond motifs is 1. The van der Waals surface area contributed by atoms with Crippen molar-refractivity contribution in [3.05, 3.63) is 28.3 Å². The van der Waals surface area contributed by atoms with Gasteiger partial charge in [-0.15, -0.1) is 0 Å². The third-order valence-electron chi connectivity index (χ3n) is 4.72. The van der Waals surface area contributed by atoms with Crippen molar-refractivity contribution in [2.75, 3.05) is 19.7 Å². The van der Waals surface area contributed by atoms with Crippen LogP contribution >= 0.6 is 0 Å². The van der Waals surface area contributed by atoms with E-state index in [-0.39, 0.29) is 17.9 Å². The van der Waals surface area contributed by atoms with Gasteiger partial charge in [0.2, 0.25) is 0 Å². The zero-order chi connectivity index (χ0) is 21.0. The van der Waals surface area contributed by atoms with Gasteiger partial charge in [0.05, 0.1) is 11.5 Å². The molecule has 1 atom stereocenters. The fourth-order valence-electron chi connectivity index (χ4n) is 3.39. The minimum absolute atomic E-state index is 0.0378. The van der Waals surface area contributed by atoms with Gasteiger partial charge in [-0.3, -0.25) is 10.1 Å². The fourth-order valence-corrected chi connectivity index (χ4v) is 3.39. The first-order valence-electron chi connectivity index (χ1n) is 9.87. The lowest BCUT2D eigenvalue weighted by Gasteiger charge is -2.34. The molecule has 3 rings (SSSR count). The molecule has 9 nitrogen and oxygen atoms in total. The van der Waals surface area contributed by atoms with Gasteiger partial charge in [0, 0.05) is 25.2 Å². The van der Waals surface area contributed by atoms with Crippen LogP contribution in [0.15, 0.2) is 22.6 Å². The molecule has 0 radical (unpaired) electrons. The van der Waals surface area contributed by atoms with E-state index in [9.17, 15) is 14.9 Å². The number of nitro groups is 1. The third kappa shape index (κ3) is 5.82. The molecule has 0 bridgehead atoms. The number of rotatable bonds is 6. The second-order valence-electron chi connectivity index (χ2n) is 8.31. The highest BCUT2D eigenvalue weighted by Crippen LogP contribution is 2.26. The Balaban J connectivity index is 1.45. The summed E-state index contributed by atoms with van der Waals surface area (Å²) in [5.74, 6) is 0.408. The van der Waals surface area contributed by atoms with Gasteiger partial charge in [-0.1, -0.05) is 0 Å². The normalized spacial score (nSPS) is 17.3. The van der Waals surface area contributed by atoms with Gasteiger partial charge in [-0.2, -0.15) is 4.98 Å². The van der Waals surface area contributed by atoms with E-state index in [1.807, 2.05) is 20.8 Å². The standard InChI is InChI=1S/C20H27N3O6/c1-20(2,3)29-19(24)22-10-4-6-14(13-22)7-5-11-27-18-21-16-12-15(23(25)26)8-9-17(16)28-18/h8-9,12,14H,4-7,10-11,13H2,1-3H3/t14-/m1/s1. The van der Waals surface area contributed by atoms with Gasteiger partial charge in [-0.25, -0.2) is 4.79 Å². The molecule has 1 aliphatic rings. The van der Waals surface area contributed by atoms with Crippen LogP contribution in [-0.2, 0) is 4.74 Å². The zero-order valence-electron chi connectivity index (χ0n) is 17.1. The van der Waals surface area contributed by atoms with Gasteiger partial charge in [0.15, 0.2) is 5.58 Å². The first-order chi connectivity index (χ1) is 13.7. The number of oxazole rings is 1. The van der Waals surface area contributed by atoms with Crippen LogP contribution in [-0.4, -0.2) is 46.2 Å². The molecule has 1 aliphatic heterocycles. The molecule has 0 spiro atoms. The Labute approximate surface area is 169 Å². The molecule has 0 unspecified atom stereocenters. The van der Waals surface area contributed by atoms with Crippen molar-refractivity contribution < 1.29 is 23.6 Å². The monoisotopic (exact) mass is 405 g/mol. The van der Waals surface area contributed by atoms with E-state index in [4.69, 9.17) is 13.9 Å². The van der Waals surface area contributed by atoms with Gasteiger partial charge in [0.1, 0.15) is 11.1 Å². The van der Waals surface area contributed by atoms with Crippen LogP contribution in [0.2, 0.25) is 0 Å². The number of likely N-dealkylation sites (tertiary alicyclic amines) is 1. The number of ether oxygens (including phenoxy) is 2. The summed E-state index contributed by atoms with van der Waals surface area (Å²) >= 11 is 0. The number of hydrogen-bond acceptors (Lipinski definition) is 7. The van der Waals surface area contributed by atoms with Crippen molar-refractivity contribution >= 4 is 22.9 Å². The number of benzene rings is 1. The summed E-state index contributed by atoms with van der Waals surface area (Å²) < 4.78 is 16.5. The van der Waals surface area contributed by atoms with Crippen LogP contribution in [0.5, 0.6) is 6.08 Å². The van der Waals surface area contributed by atoms with Gasteiger partial charge < -0.3 is 18.8 Å². The molecule has 158 valence electrons. The highest BCUT2D eigenvalue weighted by Gasteiger charge is 2.27. The van der Waals surface area contributed by atoms with E-state index < -0.39 is 10.5 Å². The molecule has 9 heteroatoms. The number of carbonyl (C=O) groups excluding carboxylic acids is 1. The topological polar surface area (TPSA) is 108 Å². The second-order valence-corrected chi connectivity index (χ2v) is 8.31. The zero-order valence-corrected chi connectivity index (χ0v) is 17.1. The fraction of sp³-hybridized carbons (Fsp3) is 0.600. The molecule has 1 aromatic heterocycles. The molecule has 1 saturated heterocycles. The maximum absolute atomic E-state index is 12.2. The smallest absolute Gasteiger partial charge is 0.410 e. The predicted molar refractivity (Wildman–Crippen MR) is 106 cm³/mol. The number of carbonyl (C=O) groups is 1. The largest absolute Gasteiger partial charge is 0.450 e. The summed E-state index contributed by atoms with van der Waals surface area (Å²) in [5, 5.41) is 10.8. The minimum Gasteiger partial charge on any atom is -0.450 e. The molecule has 1 amide bonds. The van der Waals surface area contributed by atoms with Crippen molar-refractivity contribution in [3.8, 4) is 6.08 Å². The van der Waals surface area contributed by atoms with Gasteiger partial charge in [-0.05, 0) is 58.4 Å². The van der Waals surface area contributed by atoms with Crippen LogP contribution in [0, 0.1) is 16.0 Å². The SMILES string of the molecule is CC(C)(C)OC(=O)N1CCC[C@H](CCCOc2nc3cc([N+](=O)[O-])ccc3o2)C1. The number of nitro benzene ring substituents is 1. The van der Waals surface area contributed by atoms with E-state index in [0.29, 0.717) is 30.2 Å². The maximum Gasteiger partial charge on any atom is 0.410 e. The van der Waals surface area contributed by atoms with E-state index in [2.05, 4.69) is 4.98 Å². The predicted octanol–water partition coefficient (Wildman–Crippen LogP) is 4.54. The van der Waals surface area contributed by atoms with Crippen LogP contribution in [0.3, 0.4) is 0 Å². The minimum atomic E-state index is -0.488. The summed E-state index contributed by atoms with van der Waals surface area (Å²) in [4.78, 5) is 28.5. The van der Waals surface area contributed by atoms with Crippen LogP contribution < -0.4 is 4.74 Å². The Kier molecular flexibility index (Phi) is 6.24. The van der Waals surface area contributed by atoms with Crippen molar-refractivity contribution in [2.45, 2.75) is 52.1 Å².